The van der Waals surface area contributed by atoms with Crippen molar-refractivity contribution in [1.29, 1.82) is 0 Å². The number of nitrogens with one attached hydrogen (secondary N) is 2. The quantitative estimate of drug-likeness (QED) is 0.884. The Hall–Kier alpha value is -1.84. The highest BCUT2D eigenvalue weighted by molar-refractivity contribution is 5.97. The highest BCUT2D eigenvalue weighted by Crippen LogP contribution is 2.51. The van der Waals surface area contributed by atoms with Gasteiger partial charge in [-0.15, -0.1) is 0 Å². The van der Waals surface area contributed by atoms with E-state index >= 15 is 0 Å². The zero-order chi connectivity index (χ0) is 13.5. The van der Waals surface area contributed by atoms with E-state index in [1.165, 1.54) is 12.8 Å². The van der Waals surface area contributed by atoms with E-state index in [1.54, 1.807) is 6.33 Å². The number of hydrogen-bond acceptors (Lipinski definition) is 2. The van der Waals surface area contributed by atoms with Crippen LogP contribution in [0.3, 0.4) is 0 Å². The van der Waals surface area contributed by atoms with Crippen LogP contribution in [0.1, 0.15) is 37.0 Å². The average Bonchev–Trinajstić information content (AvgIpc) is 3.06. The first-order valence-electron chi connectivity index (χ1n) is 6.82. The van der Waals surface area contributed by atoms with Gasteiger partial charge in [-0.25, -0.2) is 4.98 Å². The summed E-state index contributed by atoms with van der Waals surface area (Å²) in [6.45, 7) is 5.25. The van der Waals surface area contributed by atoms with Crippen LogP contribution in [-0.4, -0.2) is 22.4 Å². The summed E-state index contributed by atoms with van der Waals surface area (Å²) >= 11 is 0. The molecule has 0 unspecified atom stereocenters. The van der Waals surface area contributed by atoms with Gasteiger partial charge in [0.25, 0.3) is 5.91 Å². The second-order valence-corrected chi connectivity index (χ2v) is 5.83. The van der Waals surface area contributed by atoms with Crippen molar-refractivity contribution in [3.63, 3.8) is 0 Å². The summed E-state index contributed by atoms with van der Waals surface area (Å²) in [5, 5.41) is 3.07. The Morgan fingerprint density at radius 3 is 2.95 bits per heavy atom. The maximum absolute atomic E-state index is 12.2. The lowest BCUT2D eigenvalue weighted by molar-refractivity contribution is 0.0940. The molecular weight excluding hydrogens is 238 g/mol. The molecule has 2 N–H and O–H groups in total. The van der Waals surface area contributed by atoms with Gasteiger partial charge in [0.15, 0.2) is 0 Å². The van der Waals surface area contributed by atoms with Crippen LogP contribution in [0, 0.1) is 11.3 Å². The SMILES string of the molecule is CC(C)C1(CNC(=O)c2ccc3nc[nH]c3c2)CC1. The Balaban J connectivity index is 1.70. The number of aromatic amines is 1. The predicted octanol–water partition coefficient (Wildman–Crippen LogP) is 2.73. The Morgan fingerprint density at radius 1 is 1.47 bits per heavy atom. The van der Waals surface area contributed by atoms with E-state index < -0.39 is 0 Å². The maximum atomic E-state index is 12.2. The standard InChI is InChI=1S/C15H19N3O/c1-10(2)15(5-6-15)8-16-14(19)11-3-4-12-13(7-11)18-9-17-12/h3-4,7,9-10H,5-6,8H2,1-2H3,(H,16,19)(H,17,18). The molecule has 1 heterocycles. The third-order valence-electron chi connectivity index (χ3n) is 4.40. The van der Waals surface area contributed by atoms with Crippen molar-refractivity contribution in [2.24, 2.45) is 11.3 Å². The van der Waals surface area contributed by atoms with E-state index in [9.17, 15) is 4.79 Å². The summed E-state index contributed by atoms with van der Waals surface area (Å²) in [4.78, 5) is 19.3. The number of imidazole rings is 1. The largest absolute Gasteiger partial charge is 0.351 e. The van der Waals surface area contributed by atoms with Crippen LogP contribution in [0.15, 0.2) is 24.5 Å². The molecule has 0 spiro atoms. The maximum Gasteiger partial charge on any atom is 0.251 e. The fourth-order valence-electron chi connectivity index (χ4n) is 2.55. The van der Waals surface area contributed by atoms with Crippen molar-refractivity contribution in [3.05, 3.63) is 30.1 Å². The zero-order valence-electron chi connectivity index (χ0n) is 11.4. The van der Waals surface area contributed by atoms with E-state index in [-0.39, 0.29) is 5.91 Å². The lowest BCUT2D eigenvalue weighted by Gasteiger charge is -2.19. The molecule has 0 saturated heterocycles. The minimum absolute atomic E-state index is 0.00317. The van der Waals surface area contributed by atoms with Gasteiger partial charge in [0.2, 0.25) is 0 Å². The number of carbonyl (C=O) groups is 1. The van der Waals surface area contributed by atoms with Crippen LogP contribution in [0.25, 0.3) is 11.0 Å². The van der Waals surface area contributed by atoms with Crippen molar-refractivity contribution < 1.29 is 4.79 Å². The van der Waals surface area contributed by atoms with Crippen LogP contribution < -0.4 is 5.32 Å². The molecule has 1 aliphatic carbocycles. The van der Waals surface area contributed by atoms with Gasteiger partial charge >= 0.3 is 0 Å². The highest BCUT2D eigenvalue weighted by atomic mass is 16.1. The van der Waals surface area contributed by atoms with Gasteiger partial charge in [0.1, 0.15) is 0 Å². The molecule has 4 nitrogen and oxygen atoms in total. The summed E-state index contributed by atoms with van der Waals surface area (Å²) in [5.74, 6) is 0.631. The first-order chi connectivity index (χ1) is 9.11. The van der Waals surface area contributed by atoms with Crippen molar-refractivity contribution in [3.8, 4) is 0 Å². The van der Waals surface area contributed by atoms with Crippen molar-refractivity contribution in [2.75, 3.05) is 6.54 Å². The second kappa shape index (κ2) is 4.37. The molecule has 100 valence electrons. The molecule has 3 rings (SSSR count). The molecule has 1 fully saturated rings. The third kappa shape index (κ3) is 2.23. The highest BCUT2D eigenvalue weighted by Gasteiger charge is 2.45. The third-order valence-corrected chi connectivity index (χ3v) is 4.40. The molecule has 0 radical (unpaired) electrons. The Bertz CT molecular complexity index is 611. The van der Waals surface area contributed by atoms with Gasteiger partial charge in [0, 0.05) is 12.1 Å². The number of benzene rings is 1. The van der Waals surface area contributed by atoms with E-state index in [0.29, 0.717) is 16.9 Å². The monoisotopic (exact) mass is 257 g/mol. The number of fused-ring (bicyclic) bond motifs is 1. The molecule has 0 bridgehead atoms. The van der Waals surface area contributed by atoms with Crippen molar-refractivity contribution in [1.82, 2.24) is 15.3 Å². The molecule has 2 aromatic rings. The molecule has 1 amide bonds. The second-order valence-electron chi connectivity index (χ2n) is 5.83. The summed E-state index contributed by atoms with van der Waals surface area (Å²) in [5.41, 5.74) is 2.82. The minimum Gasteiger partial charge on any atom is -0.351 e. The number of amides is 1. The molecule has 19 heavy (non-hydrogen) atoms. The summed E-state index contributed by atoms with van der Waals surface area (Å²) in [6.07, 6.45) is 4.10. The Labute approximate surface area is 112 Å². The van der Waals surface area contributed by atoms with E-state index in [2.05, 4.69) is 29.1 Å². The van der Waals surface area contributed by atoms with E-state index in [0.717, 1.165) is 17.6 Å². The van der Waals surface area contributed by atoms with Gasteiger partial charge < -0.3 is 10.3 Å². The first kappa shape index (κ1) is 12.2. The molecule has 1 saturated carbocycles. The molecular formula is C15H19N3O. The lowest BCUT2D eigenvalue weighted by atomic mass is 9.92. The van der Waals surface area contributed by atoms with Crippen LogP contribution in [0.2, 0.25) is 0 Å². The summed E-state index contributed by atoms with van der Waals surface area (Å²) < 4.78 is 0. The number of nitrogens with zero attached hydrogens (tertiary/aromatic N) is 1. The molecule has 0 atom stereocenters. The first-order valence-corrected chi connectivity index (χ1v) is 6.82. The zero-order valence-corrected chi connectivity index (χ0v) is 11.4. The number of rotatable bonds is 4. The van der Waals surface area contributed by atoms with Crippen molar-refractivity contribution in [2.45, 2.75) is 26.7 Å². The van der Waals surface area contributed by atoms with Gasteiger partial charge in [0.05, 0.1) is 17.4 Å². The predicted molar refractivity (Wildman–Crippen MR) is 74.9 cm³/mol. The van der Waals surface area contributed by atoms with Crippen LogP contribution in [-0.2, 0) is 0 Å². The van der Waals surface area contributed by atoms with Crippen molar-refractivity contribution >= 4 is 16.9 Å². The number of aromatic nitrogens is 2. The molecule has 1 aliphatic rings. The Kier molecular flexibility index (Phi) is 2.81. The fraction of sp³-hybridized carbons (Fsp3) is 0.467. The topological polar surface area (TPSA) is 57.8 Å². The number of carbonyl (C=O) groups excluding carboxylic acids is 1. The molecule has 4 heteroatoms. The smallest absolute Gasteiger partial charge is 0.251 e. The van der Waals surface area contributed by atoms with Gasteiger partial charge in [-0.1, -0.05) is 13.8 Å². The molecule has 1 aromatic heterocycles. The number of H-pyrrole nitrogens is 1. The molecule has 1 aromatic carbocycles. The average molecular weight is 257 g/mol. The lowest BCUT2D eigenvalue weighted by Crippen LogP contribution is -2.32. The fourth-order valence-corrected chi connectivity index (χ4v) is 2.55. The van der Waals surface area contributed by atoms with Gasteiger partial charge in [-0.2, -0.15) is 0 Å². The van der Waals surface area contributed by atoms with Crippen LogP contribution in [0.5, 0.6) is 0 Å². The van der Waals surface area contributed by atoms with Crippen LogP contribution >= 0.6 is 0 Å². The Morgan fingerprint density at radius 2 is 2.26 bits per heavy atom. The van der Waals surface area contributed by atoms with Gasteiger partial charge in [-0.3, -0.25) is 4.79 Å². The van der Waals surface area contributed by atoms with E-state index in [1.807, 2.05) is 18.2 Å². The van der Waals surface area contributed by atoms with E-state index in [4.69, 9.17) is 0 Å². The summed E-state index contributed by atoms with van der Waals surface area (Å²) in [6, 6.07) is 5.55. The van der Waals surface area contributed by atoms with Crippen LogP contribution in [0.4, 0.5) is 0 Å². The number of hydrogen-bond donors (Lipinski definition) is 2. The normalized spacial score (nSPS) is 16.8. The molecule has 0 aliphatic heterocycles. The van der Waals surface area contributed by atoms with Gasteiger partial charge in [-0.05, 0) is 42.4 Å². The summed E-state index contributed by atoms with van der Waals surface area (Å²) in [7, 11) is 0. The minimum atomic E-state index is 0.00317.